The van der Waals surface area contributed by atoms with Crippen LogP contribution in [0, 0.1) is 0 Å². The van der Waals surface area contributed by atoms with Gasteiger partial charge in [-0.3, -0.25) is 9.69 Å². The topological polar surface area (TPSA) is 54.5 Å². The Hall–Kier alpha value is -1.50. The van der Waals surface area contributed by atoms with Gasteiger partial charge in [-0.2, -0.15) is 0 Å². The highest BCUT2D eigenvalue weighted by atomic mass is 32.1. The highest BCUT2D eigenvalue weighted by Crippen LogP contribution is 2.22. The minimum atomic E-state index is 0.117. The summed E-state index contributed by atoms with van der Waals surface area (Å²) in [4.78, 5) is 18.9. The standard InChI is InChI=1S/C17H23N3O2S/c21-16(18-8-3-9-20-10-12-22-13-11-20)6-7-17-19-14-4-1-2-5-15(14)23-17/h1-2,4-5H,3,6-13H2,(H,18,21). The van der Waals surface area contributed by atoms with E-state index < -0.39 is 0 Å². The Morgan fingerprint density at radius 3 is 2.96 bits per heavy atom. The monoisotopic (exact) mass is 333 g/mol. The van der Waals surface area contributed by atoms with Gasteiger partial charge in [0.1, 0.15) is 0 Å². The van der Waals surface area contributed by atoms with E-state index in [0.29, 0.717) is 12.8 Å². The molecule has 124 valence electrons. The van der Waals surface area contributed by atoms with Crippen LogP contribution in [-0.4, -0.2) is 55.2 Å². The molecule has 1 N–H and O–H groups in total. The molecule has 1 aliphatic rings. The molecule has 2 aromatic rings. The van der Waals surface area contributed by atoms with Crippen molar-refractivity contribution in [3.05, 3.63) is 29.3 Å². The molecule has 0 aliphatic carbocycles. The molecule has 23 heavy (non-hydrogen) atoms. The fourth-order valence-electron chi connectivity index (χ4n) is 2.69. The molecule has 0 unspecified atom stereocenters. The zero-order valence-corrected chi connectivity index (χ0v) is 14.1. The number of aryl methyl sites for hydroxylation is 1. The predicted molar refractivity (Wildman–Crippen MR) is 92.8 cm³/mol. The first-order chi connectivity index (χ1) is 11.3. The van der Waals surface area contributed by atoms with Crippen molar-refractivity contribution in [2.75, 3.05) is 39.4 Å². The van der Waals surface area contributed by atoms with Gasteiger partial charge in [0.2, 0.25) is 5.91 Å². The number of para-hydroxylation sites is 1. The number of nitrogens with one attached hydrogen (secondary N) is 1. The van der Waals surface area contributed by atoms with Gasteiger partial charge in [0.15, 0.2) is 0 Å². The maximum Gasteiger partial charge on any atom is 0.220 e. The van der Waals surface area contributed by atoms with E-state index in [-0.39, 0.29) is 5.91 Å². The number of aromatic nitrogens is 1. The Balaban J connectivity index is 1.33. The highest BCUT2D eigenvalue weighted by Gasteiger charge is 2.10. The van der Waals surface area contributed by atoms with Crippen molar-refractivity contribution < 1.29 is 9.53 Å². The lowest BCUT2D eigenvalue weighted by molar-refractivity contribution is -0.121. The van der Waals surface area contributed by atoms with E-state index in [2.05, 4.69) is 21.3 Å². The van der Waals surface area contributed by atoms with Crippen molar-refractivity contribution in [3.63, 3.8) is 0 Å². The fourth-order valence-corrected chi connectivity index (χ4v) is 3.66. The van der Waals surface area contributed by atoms with E-state index in [4.69, 9.17) is 4.74 Å². The molecule has 1 aliphatic heterocycles. The largest absolute Gasteiger partial charge is 0.379 e. The maximum absolute atomic E-state index is 11.9. The quantitative estimate of drug-likeness (QED) is 0.788. The van der Waals surface area contributed by atoms with Crippen LogP contribution in [0.3, 0.4) is 0 Å². The van der Waals surface area contributed by atoms with E-state index in [1.54, 1.807) is 11.3 Å². The zero-order valence-electron chi connectivity index (χ0n) is 13.3. The van der Waals surface area contributed by atoms with Crippen LogP contribution in [0.15, 0.2) is 24.3 Å². The number of fused-ring (bicyclic) bond motifs is 1. The van der Waals surface area contributed by atoms with Gasteiger partial charge in [-0.05, 0) is 25.1 Å². The Morgan fingerprint density at radius 1 is 1.30 bits per heavy atom. The van der Waals surface area contributed by atoms with E-state index in [9.17, 15) is 4.79 Å². The van der Waals surface area contributed by atoms with E-state index >= 15 is 0 Å². The number of hydrogen-bond acceptors (Lipinski definition) is 5. The van der Waals surface area contributed by atoms with E-state index in [1.165, 1.54) is 4.70 Å². The average molecular weight is 333 g/mol. The summed E-state index contributed by atoms with van der Waals surface area (Å²) >= 11 is 1.68. The molecule has 1 fully saturated rings. The lowest BCUT2D eigenvalue weighted by Gasteiger charge is -2.26. The van der Waals surface area contributed by atoms with Gasteiger partial charge in [-0.25, -0.2) is 4.98 Å². The molecule has 1 aromatic carbocycles. The van der Waals surface area contributed by atoms with Gasteiger partial charge < -0.3 is 10.1 Å². The Kier molecular flexibility index (Phi) is 5.96. The van der Waals surface area contributed by atoms with Gasteiger partial charge in [-0.15, -0.1) is 11.3 Å². The van der Waals surface area contributed by atoms with Crippen molar-refractivity contribution in [2.45, 2.75) is 19.3 Å². The number of benzene rings is 1. The molecule has 3 rings (SSSR count). The molecule has 0 bridgehead atoms. The van der Waals surface area contributed by atoms with Crippen molar-refractivity contribution in [1.82, 2.24) is 15.2 Å². The number of hydrogen-bond donors (Lipinski definition) is 1. The van der Waals surface area contributed by atoms with Gasteiger partial charge in [-0.1, -0.05) is 12.1 Å². The fraction of sp³-hybridized carbons (Fsp3) is 0.529. The van der Waals surface area contributed by atoms with Crippen LogP contribution in [0.25, 0.3) is 10.2 Å². The third-order valence-corrected chi connectivity index (χ3v) is 5.08. The zero-order chi connectivity index (χ0) is 15.9. The SMILES string of the molecule is O=C(CCc1nc2ccccc2s1)NCCCN1CCOCC1. The summed E-state index contributed by atoms with van der Waals surface area (Å²) in [5.74, 6) is 0.117. The minimum Gasteiger partial charge on any atom is -0.379 e. The molecule has 0 saturated carbocycles. The third kappa shape index (κ3) is 4.99. The minimum absolute atomic E-state index is 0.117. The number of ether oxygens (including phenoxy) is 1. The second-order valence-corrected chi connectivity index (χ2v) is 6.85. The number of carbonyl (C=O) groups excluding carboxylic acids is 1. The average Bonchev–Trinajstić information content (AvgIpc) is 3.01. The van der Waals surface area contributed by atoms with Crippen LogP contribution in [0.1, 0.15) is 17.8 Å². The van der Waals surface area contributed by atoms with E-state index in [0.717, 1.165) is 56.3 Å². The van der Waals surface area contributed by atoms with Gasteiger partial charge >= 0.3 is 0 Å². The third-order valence-electron chi connectivity index (χ3n) is 3.98. The van der Waals surface area contributed by atoms with Crippen LogP contribution in [0.4, 0.5) is 0 Å². The first kappa shape index (κ1) is 16.4. The molecule has 1 aromatic heterocycles. The molecular formula is C17H23N3O2S. The first-order valence-electron chi connectivity index (χ1n) is 8.22. The molecule has 5 nitrogen and oxygen atoms in total. The van der Waals surface area contributed by atoms with Crippen molar-refractivity contribution in [2.24, 2.45) is 0 Å². The highest BCUT2D eigenvalue weighted by molar-refractivity contribution is 7.18. The van der Waals surface area contributed by atoms with Crippen molar-refractivity contribution >= 4 is 27.5 Å². The van der Waals surface area contributed by atoms with Crippen LogP contribution >= 0.6 is 11.3 Å². The van der Waals surface area contributed by atoms with Crippen LogP contribution < -0.4 is 5.32 Å². The summed E-state index contributed by atoms with van der Waals surface area (Å²) in [5, 5.41) is 4.04. The molecule has 1 saturated heterocycles. The van der Waals surface area contributed by atoms with Crippen LogP contribution in [0.5, 0.6) is 0 Å². The van der Waals surface area contributed by atoms with Crippen LogP contribution in [0.2, 0.25) is 0 Å². The number of morpholine rings is 1. The number of nitrogens with zero attached hydrogens (tertiary/aromatic N) is 2. The molecule has 2 heterocycles. The van der Waals surface area contributed by atoms with Gasteiger partial charge in [0.05, 0.1) is 28.4 Å². The maximum atomic E-state index is 11.9. The number of amides is 1. The molecule has 1 amide bonds. The summed E-state index contributed by atoms with van der Waals surface area (Å²) in [6.45, 7) is 5.44. The Morgan fingerprint density at radius 2 is 2.13 bits per heavy atom. The molecular weight excluding hydrogens is 310 g/mol. The normalized spacial score (nSPS) is 15.8. The van der Waals surface area contributed by atoms with E-state index in [1.807, 2.05) is 18.2 Å². The van der Waals surface area contributed by atoms with Crippen molar-refractivity contribution in [3.8, 4) is 0 Å². The molecule has 0 atom stereocenters. The smallest absolute Gasteiger partial charge is 0.220 e. The number of rotatable bonds is 7. The van der Waals surface area contributed by atoms with Crippen LogP contribution in [-0.2, 0) is 16.0 Å². The molecule has 6 heteroatoms. The molecule has 0 radical (unpaired) electrons. The second kappa shape index (κ2) is 8.38. The Bertz CT molecular complexity index is 605. The van der Waals surface area contributed by atoms with Gasteiger partial charge in [0, 0.05) is 32.5 Å². The summed E-state index contributed by atoms with van der Waals surface area (Å²) in [6.07, 6.45) is 2.22. The summed E-state index contributed by atoms with van der Waals surface area (Å²) in [5.41, 5.74) is 1.03. The molecule has 0 spiro atoms. The lowest BCUT2D eigenvalue weighted by atomic mass is 10.3. The van der Waals surface area contributed by atoms with Gasteiger partial charge in [0.25, 0.3) is 0 Å². The lowest BCUT2D eigenvalue weighted by Crippen LogP contribution is -2.38. The number of thiazole rings is 1. The van der Waals surface area contributed by atoms with Crippen molar-refractivity contribution in [1.29, 1.82) is 0 Å². The predicted octanol–water partition coefficient (Wildman–Crippen LogP) is 2.07. The number of carbonyl (C=O) groups is 1. The second-order valence-electron chi connectivity index (χ2n) is 5.73. The first-order valence-corrected chi connectivity index (χ1v) is 9.04. The summed E-state index contributed by atoms with van der Waals surface area (Å²) < 4.78 is 6.51. The summed E-state index contributed by atoms with van der Waals surface area (Å²) in [7, 11) is 0. The summed E-state index contributed by atoms with van der Waals surface area (Å²) in [6, 6.07) is 8.10. The Labute approximate surface area is 140 Å².